The number of ether oxygens (including phenoxy) is 1. The van der Waals surface area contributed by atoms with Gasteiger partial charge in [0.1, 0.15) is 11.9 Å². The Kier molecular flexibility index (Phi) is 4.53. The van der Waals surface area contributed by atoms with E-state index in [1.54, 1.807) is 0 Å². The molecule has 18 heavy (non-hydrogen) atoms. The van der Waals surface area contributed by atoms with Gasteiger partial charge in [0.15, 0.2) is 11.6 Å². The van der Waals surface area contributed by atoms with Gasteiger partial charge in [0, 0.05) is 12.1 Å². The summed E-state index contributed by atoms with van der Waals surface area (Å²) in [5.74, 6) is -1.16. The van der Waals surface area contributed by atoms with Crippen molar-refractivity contribution in [1.82, 2.24) is 0 Å². The molecule has 1 aliphatic carbocycles. The third-order valence-corrected chi connectivity index (χ3v) is 3.43. The predicted molar refractivity (Wildman–Crippen MR) is 66.5 cm³/mol. The average molecular weight is 255 g/mol. The maximum Gasteiger partial charge on any atom is 0.167 e. The molecule has 0 radical (unpaired) electrons. The van der Waals surface area contributed by atoms with Crippen LogP contribution in [0.3, 0.4) is 0 Å². The summed E-state index contributed by atoms with van der Waals surface area (Å²) in [7, 11) is 0. The van der Waals surface area contributed by atoms with Crippen molar-refractivity contribution in [3.63, 3.8) is 0 Å². The molecule has 1 saturated carbocycles. The standard InChI is InChI=1S/C14H19F2NO/c15-10-7-8-13(11(16)9-10)18-14-6-4-2-1-3-5-12(14)17/h7-9,12,14H,1-6,17H2. The van der Waals surface area contributed by atoms with E-state index in [9.17, 15) is 8.78 Å². The Morgan fingerprint density at radius 3 is 2.50 bits per heavy atom. The van der Waals surface area contributed by atoms with E-state index < -0.39 is 11.6 Å². The van der Waals surface area contributed by atoms with E-state index >= 15 is 0 Å². The highest BCUT2D eigenvalue weighted by molar-refractivity contribution is 5.25. The summed E-state index contributed by atoms with van der Waals surface area (Å²) in [6, 6.07) is 3.29. The first-order valence-corrected chi connectivity index (χ1v) is 6.54. The van der Waals surface area contributed by atoms with Crippen LogP contribution in [-0.4, -0.2) is 12.1 Å². The lowest BCUT2D eigenvalue weighted by molar-refractivity contribution is 0.139. The van der Waals surface area contributed by atoms with Gasteiger partial charge in [-0.3, -0.25) is 0 Å². The highest BCUT2D eigenvalue weighted by atomic mass is 19.1. The highest BCUT2D eigenvalue weighted by Crippen LogP contribution is 2.24. The molecule has 2 atom stereocenters. The Bertz CT molecular complexity index is 397. The zero-order valence-corrected chi connectivity index (χ0v) is 10.4. The summed E-state index contributed by atoms with van der Waals surface area (Å²) in [6.45, 7) is 0. The summed E-state index contributed by atoms with van der Waals surface area (Å²) < 4.78 is 31.9. The molecule has 0 spiro atoms. The Hall–Kier alpha value is -1.16. The van der Waals surface area contributed by atoms with Gasteiger partial charge in [-0.2, -0.15) is 0 Å². The van der Waals surface area contributed by atoms with Crippen LogP contribution in [0.1, 0.15) is 38.5 Å². The molecule has 1 aromatic rings. The van der Waals surface area contributed by atoms with Gasteiger partial charge in [-0.1, -0.05) is 19.3 Å². The highest BCUT2D eigenvalue weighted by Gasteiger charge is 2.22. The number of rotatable bonds is 2. The fraction of sp³-hybridized carbons (Fsp3) is 0.571. The summed E-state index contributed by atoms with van der Waals surface area (Å²) in [4.78, 5) is 0. The monoisotopic (exact) mass is 255 g/mol. The molecule has 1 aromatic carbocycles. The van der Waals surface area contributed by atoms with Crippen molar-refractivity contribution in [2.24, 2.45) is 5.73 Å². The third-order valence-electron chi connectivity index (χ3n) is 3.43. The van der Waals surface area contributed by atoms with Crippen molar-refractivity contribution in [3.8, 4) is 5.75 Å². The SMILES string of the molecule is NC1CCCCCCC1Oc1ccc(F)cc1F. The van der Waals surface area contributed by atoms with Crippen LogP contribution in [0.2, 0.25) is 0 Å². The van der Waals surface area contributed by atoms with Gasteiger partial charge in [0.2, 0.25) is 0 Å². The van der Waals surface area contributed by atoms with E-state index in [0.717, 1.165) is 31.7 Å². The molecular formula is C14H19F2NO. The second-order valence-electron chi connectivity index (χ2n) is 4.89. The molecule has 4 heteroatoms. The number of hydrogen-bond acceptors (Lipinski definition) is 2. The van der Waals surface area contributed by atoms with Crippen LogP contribution in [0.15, 0.2) is 18.2 Å². The fourth-order valence-corrected chi connectivity index (χ4v) is 2.36. The topological polar surface area (TPSA) is 35.2 Å². The molecule has 2 unspecified atom stereocenters. The summed E-state index contributed by atoms with van der Waals surface area (Å²) in [5, 5.41) is 0. The molecular weight excluding hydrogens is 236 g/mol. The summed E-state index contributed by atoms with van der Waals surface area (Å²) in [6.07, 6.45) is 6.05. The van der Waals surface area contributed by atoms with Crippen molar-refractivity contribution in [2.45, 2.75) is 50.7 Å². The lowest BCUT2D eigenvalue weighted by Crippen LogP contribution is -2.39. The quantitative estimate of drug-likeness (QED) is 0.879. The van der Waals surface area contributed by atoms with Crippen LogP contribution in [0, 0.1) is 11.6 Å². The van der Waals surface area contributed by atoms with E-state index in [-0.39, 0.29) is 17.9 Å². The van der Waals surface area contributed by atoms with E-state index in [4.69, 9.17) is 10.5 Å². The van der Waals surface area contributed by atoms with Crippen molar-refractivity contribution < 1.29 is 13.5 Å². The van der Waals surface area contributed by atoms with E-state index in [1.807, 2.05) is 0 Å². The van der Waals surface area contributed by atoms with Gasteiger partial charge in [-0.25, -0.2) is 8.78 Å². The Balaban J connectivity index is 2.05. The Labute approximate surface area is 106 Å². The van der Waals surface area contributed by atoms with Crippen LogP contribution in [-0.2, 0) is 0 Å². The molecule has 100 valence electrons. The molecule has 1 aliphatic rings. The number of benzene rings is 1. The van der Waals surface area contributed by atoms with E-state index in [2.05, 4.69) is 0 Å². The van der Waals surface area contributed by atoms with Crippen molar-refractivity contribution in [1.29, 1.82) is 0 Å². The van der Waals surface area contributed by atoms with Gasteiger partial charge >= 0.3 is 0 Å². The van der Waals surface area contributed by atoms with Gasteiger partial charge in [-0.05, 0) is 31.4 Å². The predicted octanol–water partition coefficient (Wildman–Crippen LogP) is 3.39. The first kappa shape index (κ1) is 13.3. The third kappa shape index (κ3) is 3.42. The molecule has 1 fully saturated rings. The minimum atomic E-state index is -0.663. The zero-order valence-electron chi connectivity index (χ0n) is 10.4. The molecule has 2 nitrogen and oxygen atoms in total. The Morgan fingerprint density at radius 1 is 1.06 bits per heavy atom. The fourth-order valence-electron chi connectivity index (χ4n) is 2.36. The largest absolute Gasteiger partial charge is 0.486 e. The Morgan fingerprint density at radius 2 is 1.78 bits per heavy atom. The van der Waals surface area contributed by atoms with Crippen LogP contribution >= 0.6 is 0 Å². The lowest BCUT2D eigenvalue weighted by atomic mass is 9.95. The van der Waals surface area contributed by atoms with E-state index in [1.165, 1.54) is 25.0 Å². The molecule has 0 saturated heterocycles. The first-order chi connectivity index (χ1) is 8.66. The molecule has 2 rings (SSSR count). The van der Waals surface area contributed by atoms with Gasteiger partial charge < -0.3 is 10.5 Å². The number of hydrogen-bond donors (Lipinski definition) is 1. The second-order valence-corrected chi connectivity index (χ2v) is 4.89. The number of halogens is 2. The molecule has 0 aromatic heterocycles. The minimum Gasteiger partial charge on any atom is -0.486 e. The van der Waals surface area contributed by atoms with Crippen LogP contribution < -0.4 is 10.5 Å². The average Bonchev–Trinajstić information content (AvgIpc) is 2.31. The zero-order chi connectivity index (χ0) is 13.0. The summed E-state index contributed by atoms with van der Waals surface area (Å²) in [5.41, 5.74) is 6.05. The normalized spacial score (nSPS) is 25.3. The smallest absolute Gasteiger partial charge is 0.167 e. The number of nitrogens with two attached hydrogens (primary N) is 1. The van der Waals surface area contributed by atoms with Crippen LogP contribution in [0.25, 0.3) is 0 Å². The maximum absolute atomic E-state index is 13.5. The molecule has 0 amide bonds. The van der Waals surface area contributed by atoms with Crippen LogP contribution in [0.4, 0.5) is 8.78 Å². The maximum atomic E-state index is 13.5. The van der Waals surface area contributed by atoms with Gasteiger partial charge in [0.25, 0.3) is 0 Å². The van der Waals surface area contributed by atoms with Crippen LogP contribution in [0.5, 0.6) is 5.75 Å². The molecule has 0 heterocycles. The van der Waals surface area contributed by atoms with Crippen molar-refractivity contribution in [3.05, 3.63) is 29.8 Å². The molecule has 0 bridgehead atoms. The molecule has 0 aliphatic heterocycles. The summed E-state index contributed by atoms with van der Waals surface area (Å²) >= 11 is 0. The lowest BCUT2D eigenvalue weighted by Gasteiger charge is -2.27. The van der Waals surface area contributed by atoms with E-state index in [0.29, 0.717) is 0 Å². The minimum absolute atomic E-state index is 0.0743. The van der Waals surface area contributed by atoms with Gasteiger partial charge in [-0.15, -0.1) is 0 Å². The molecule has 2 N–H and O–H groups in total. The second kappa shape index (κ2) is 6.14. The van der Waals surface area contributed by atoms with Gasteiger partial charge in [0.05, 0.1) is 0 Å². The van der Waals surface area contributed by atoms with Crippen molar-refractivity contribution >= 4 is 0 Å². The van der Waals surface area contributed by atoms with Crippen molar-refractivity contribution in [2.75, 3.05) is 0 Å². The first-order valence-electron chi connectivity index (χ1n) is 6.54.